The second-order valence-electron chi connectivity index (χ2n) is 8.21. The van der Waals surface area contributed by atoms with Crippen molar-refractivity contribution >= 4 is 68.6 Å². The molecule has 0 bridgehead atoms. The minimum absolute atomic E-state index is 0.213. The van der Waals surface area contributed by atoms with Crippen LogP contribution in [0.25, 0.3) is 6.08 Å². The SMILES string of the molecule is CCCC1=C(C(=O)OCC)C(c2cccc(OC)c2)n2c(s/c(=C\c3cc(I)c(OC)c(I)c3)c2=O)=N1. The van der Waals surface area contributed by atoms with Crippen LogP contribution in [-0.4, -0.2) is 31.4 Å². The fourth-order valence-electron chi connectivity index (χ4n) is 4.26. The molecule has 194 valence electrons. The molecule has 0 saturated heterocycles. The van der Waals surface area contributed by atoms with Gasteiger partial charge in [-0.15, -0.1) is 0 Å². The third-order valence-corrected chi connectivity index (χ3v) is 8.41. The van der Waals surface area contributed by atoms with Crippen LogP contribution in [-0.2, 0) is 9.53 Å². The summed E-state index contributed by atoms with van der Waals surface area (Å²) in [7, 11) is 3.23. The summed E-state index contributed by atoms with van der Waals surface area (Å²) in [6, 6.07) is 10.7. The van der Waals surface area contributed by atoms with Gasteiger partial charge in [0.25, 0.3) is 5.56 Å². The molecular weight excluding hydrogens is 718 g/mol. The number of fused-ring (bicyclic) bond motifs is 1. The molecule has 1 aliphatic heterocycles. The number of hydrogen-bond acceptors (Lipinski definition) is 7. The Bertz CT molecular complexity index is 1530. The van der Waals surface area contributed by atoms with E-state index < -0.39 is 12.0 Å². The lowest BCUT2D eigenvalue weighted by Gasteiger charge is -2.26. The molecule has 10 heteroatoms. The van der Waals surface area contributed by atoms with Gasteiger partial charge in [-0.1, -0.05) is 36.8 Å². The summed E-state index contributed by atoms with van der Waals surface area (Å²) in [5, 5.41) is 0. The number of esters is 1. The lowest BCUT2D eigenvalue weighted by Crippen LogP contribution is -2.40. The molecule has 0 aliphatic carbocycles. The first kappa shape index (κ1) is 27.8. The maximum absolute atomic E-state index is 13.9. The molecule has 1 atom stereocenters. The highest BCUT2D eigenvalue weighted by molar-refractivity contribution is 14.1. The smallest absolute Gasteiger partial charge is 0.338 e. The van der Waals surface area contributed by atoms with E-state index in [4.69, 9.17) is 19.2 Å². The van der Waals surface area contributed by atoms with Gasteiger partial charge in [-0.3, -0.25) is 9.36 Å². The number of benzene rings is 2. The fourth-order valence-corrected chi connectivity index (χ4v) is 7.53. The molecule has 0 fully saturated rings. The zero-order valence-corrected chi connectivity index (χ0v) is 26.0. The molecule has 4 rings (SSSR count). The first-order valence-electron chi connectivity index (χ1n) is 11.7. The molecule has 0 amide bonds. The second-order valence-corrected chi connectivity index (χ2v) is 11.5. The minimum Gasteiger partial charge on any atom is -0.497 e. The summed E-state index contributed by atoms with van der Waals surface area (Å²) >= 11 is 5.78. The van der Waals surface area contributed by atoms with E-state index in [2.05, 4.69) is 45.2 Å². The van der Waals surface area contributed by atoms with E-state index in [9.17, 15) is 9.59 Å². The predicted octanol–water partition coefficient (Wildman–Crippen LogP) is 4.80. The van der Waals surface area contributed by atoms with Crippen molar-refractivity contribution in [1.82, 2.24) is 4.57 Å². The number of aromatic nitrogens is 1. The molecule has 37 heavy (non-hydrogen) atoms. The standard InChI is InChI=1S/C27H26I2N2O5S/c1-5-8-20-22(26(33)36-6-2)23(16-9-7-10-17(14-16)34-3)31-25(32)21(37-27(31)30-20)13-15-11-18(28)24(35-4)19(29)12-15/h7,9-14,23H,5-6,8H2,1-4H3/b21-13-. The van der Waals surface area contributed by atoms with Crippen molar-refractivity contribution in [1.29, 1.82) is 0 Å². The van der Waals surface area contributed by atoms with Gasteiger partial charge in [0, 0.05) is 0 Å². The van der Waals surface area contributed by atoms with Gasteiger partial charge in [-0.2, -0.15) is 0 Å². The average molecular weight is 744 g/mol. The molecule has 3 aromatic rings. The van der Waals surface area contributed by atoms with Gasteiger partial charge in [0.1, 0.15) is 11.5 Å². The van der Waals surface area contributed by atoms with Gasteiger partial charge in [0.2, 0.25) is 0 Å². The Morgan fingerprint density at radius 1 is 1.14 bits per heavy atom. The van der Waals surface area contributed by atoms with Crippen LogP contribution >= 0.6 is 56.5 Å². The number of allylic oxidation sites excluding steroid dienone is 1. The second kappa shape index (κ2) is 12.1. The Hall–Kier alpha value is -2.19. The van der Waals surface area contributed by atoms with Crippen molar-refractivity contribution in [3.63, 3.8) is 0 Å². The molecule has 0 saturated carbocycles. The molecule has 7 nitrogen and oxygen atoms in total. The number of ether oxygens (including phenoxy) is 3. The fraction of sp³-hybridized carbons (Fsp3) is 0.296. The van der Waals surface area contributed by atoms with Gasteiger partial charge in [0.05, 0.1) is 49.8 Å². The summed E-state index contributed by atoms with van der Waals surface area (Å²) in [5.41, 5.74) is 2.47. The largest absolute Gasteiger partial charge is 0.497 e. The quantitative estimate of drug-likeness (QED) is 0.245. The number of rotatable bonds is 8. The van der Waals surface area contributed by atoms with Crippen LogP contribution in [0.4, 0.5) is 0 Å². The van der Waals surface area contributed by atoms with Crippen molar-refractivity contribution in [2.24, 2.45) is 4.99 Å². The third-order valence-electron chi connectivity index (χ3n) is 5.82. The van der Waals surface area contributed by atoms with Crippen molar-refractivity contribution in [2.45, 2.75) is 32.7 Å². The highest BCUT2D eigenvalue weighted by Gasteiger charge is 2.34. The number of hydrogen-bond donors (Lipinski definition) is 0. The monoisotopic (exact) mass is 744 g/mol. The van der Waals surface area contributed by atoms with E-state index in [-0.39, 0.29) is 12.2 Å². The van der Waals surface area contributed by atoms with E-state index in [1.54, 1.807) is 25.7 Å². The summed E-state index contributed by atoms with van der Waals surface area (Å²) in [5.74, 6) is 0.983. The number of thiazole rings is 1. The third kappa shape index (κ3) is 5.65. The van der Waals surface area contributed by atoms with Crippen LogP contribution in [0.5, 0.6) is 11.5 Å². The number of carbonyl (C=O) groups is 1. The molecule has 2 heterocycles. The molecule has 0 spiro atoms. The molecule has 1 aliphatic rings. The Kier molecular flexibility index (Phi) is 9.11. The molecular formula is C27H26I2N2O5S. The van der Waals surface area contributed by atoms with E-state index in [1.165, 1.54) is 11.3 Å². The highest BCUT2D eigenvalue weighted by Crippen LogP contribution is 2.34. The summed E-state index contributed by atoms with van der Waals surface area (Å²) in [6.45, 7) is 4.03. The Labute approximate surface area is 246 Å². The van der Waals surface area contributed by atoms with Crippen LogP contribution < -0.4 is 24.4 Å². The molecule has 1 aromatic heterocycles. The van der Waals surface area contributed by atoms with Crippen molar-refractivity contribution < 1.29 is 19.0 Å². The molecule has 0 radical (unpaired) electrons. The number of nitrogens with zero attached hydrogens (tertiary/aromatic N) is 2. The van der Waals surface area contributed by atoms with E-state index in [0.29, 0.717) is 32.8 Å². The van der Waals surface area contributed by atoms with Crippen molar-refractivity contribution in [2.75, 3.05) is 20.8 Å². The topological polar surface area (TPSA) is 79.1 Å². The maximum atomic E-state index is 13.9. The predicted molar refractivity (Wildman–Crippen MR) is 161 cm³/mol. The van der Waals surface area contributed by atoms with Crippen LogP contribution in [0.15, 0.2) is 57.5 Å². The van der Waals surface area contributed by atoms with E-state index in [0.717, 1.165) is 30.4 Å². The van der Waals surface area contributed by atoms with E-state index in [1.807, 2.05) is 49.4 Å². The molecule has 2 aromatic carbocycles. The molecule has 0 N–H and O–H groups in total. The van der Waals surface area contributed by atoms with Crippen LogP contribution in [0.1, 0.15) is 43.9 Å². The zero-order chi connectivity index (χ0) is 26.7. The first-order chi connectivity index (χ1) is 17.8. The average Bonchev–Trinajstić information content (AvgIpc) is 3.17. The highest BCUT2D eigenvalue weighted by atomic mass is 127. The number of methoxy groups -OCH3 is 2. The number of halogens is 2. The lowest BCUT2D eigenvalue weighted by molar-refractivity contribution is -0.139. The van der Waals surface area contributed by atoms with Gasteiger partial charge >= 0.3 is 5.97 Å². The Balaban J connectivity index is 1.99. The first-order valence-corrected chi connectivity index (χ1v) is 14.7. The maximum Gasteiger partial charge on any atom is 0.338 e. The summed E-state index contributed by atoms with van der Waals surface area (Å²) < 4.78 is 20.4. The Morgan fingerprint density at radius 2 is 1.86 bits per heavy atom. The van der Waals surface area contributed by atoms with Gasteiger partial charge in [-0.25, -0.2) is 9.79 Å². The number of carbonyl (C=O) groups excluding carboxylic acids is 1. The van der Waals surface area contributed by atoms with Gasteiger partial charge in [-0.05, 0) is 100.0 Å². The molecule has 1 unspecified atom stereocenters. The Morgan fingerprint density at radius 3 is 2.49 bits per heavy atom. The zero-order valence-electron chi connectivity index (χ0n) is 20.8. The summed E-state index contributed by atoms with van der Waals surface area (Å²) in [4.78, 5) is 32.5. The van der Waals surface area contributed by atoms with Crippen LogP contribution in [0.2, 0.25) is 0 Å². The van der Waals surface area contributed by atoms with Crippen LogP contribution in [0.3, 0.4) is 0 Å². The van der Waals surface area contributed by atoms with Gasteiger partial charge in [0.15, 0.2) is 4.80 Å². The summed E-state index contributed by atoms with van der Waals surface area (Å²) in [6.07, 6.45) is 3.25. The van der Waals surface area contributed by atoms with Crippen molar-refractivity contribution in [3.8, 4) is 11.5 Å². The minimum atomic E-state index is -0.676. The van der Waals surface area contributed by atoms with Crippen LogP contribution in [0, 0.1) is 7.14 Å². The van der Waals surface area contributed by atoms with Crippen molar-refractivity contribution in [3.05, 3.63) is 85.6 Å². The lowest BCUT2D eigenvalue weighted by atomic mass is 9.94. The van der Waals surface area contributed by atoms with E-state index >= 15 is 0 Å². The van der Waals surface area contributed by atoms with Gasteiger partial charge < -0.3 is 14.2 Å². The normalized spacial score (nSPS) is 15.3.